The van der Waals surface area contributed by atoms with Gasteiger partial charge in [-0.25, -0.2) is 9.59 Å². The van der Waals surface area contributed by atoms with Crippen LogP contribution in [-0.2, 0) is 27.4 Å². The Kier molecular flexibility index (Phi) is 6.19. The van der Waals surface area contributed by atoms with Crippen molar-refractivity contribution in [1.29, 1.82) is 0 Å². The Morgan fingerprint density at radius 3 is 2.39 bits per heavy atom. The Balaban J connectivity index is 2.00. The molecule has 0 fully saturated rings. The maximum atomic E-state index is 12.6. The topological polar surface area (TPSA) is 103 Å². The van der Waals surface area contributed by atoms with E-state index in [1.165, 1.54) is 9.80 Å². The molecule has 0 radical (unpaired) electrons. The Morgan fingerprint density at radius 1 is 1.16 bits per heavy atom. The fraction of sp³-hybridized carbons (Fsp3) is 0.429. The predicted molar refractivity (Wildman–Crippen MR) is 111 cm³/mol. The largest absolute Gasteiger partial charge is 0.497 e. The van der Waals surface area contributed by atoms with E-state index < -0.39 is 17.8 Å². The van der Waals surface area contributed by atoms with Crippen LogP contribution in [0.3, 0.4) is 0 Å². The SMILES string of the molecule is CCOC(=O)n1nc(N(C=O)c2ccc(OC)cc2)c2c1CN(C(=O)OC(C)(C)C)C2. The normalized spacial score (nSPS) is 12.9. The maximum Gasteiger partial charge on any atom is 0.435 e. The molecule has 1 aliphatic heterocycles. The number of anilines is 2. The summed E-state index contributed by atoms with van der Waals surface area (Å²) in [5, 5.41) is 4.34. The van der Waals surface area contributed by atoms with Gasteiger partial charge in [0.2, 0.25) is 6.41 Å². The second-order valence-corrected chi connectivity index (χ2v) is 7.87. The summed E-state index contributed by atoms with van der Waals surface area (Å²) in [6.07, 6.45) is -0.598. The Morgan fingerprint density at radius 2 is 1.84 bits per heavy atom. The fourth-order valence-corrected chi connectivity index (χ4v) is 3.18. The van der Waals surface area contributed by atoms with Gasteiger partial charge in [0.15, 0.2) is 5.82 Å². The first-order valence-electron chi connectivity index (χ1n) is 9.83. The third-order valence-electron chi connectivity index (χ3n) is 4.53. The number of carbonyl (C=O) groups is 3. The van der Waals surface area contributed by atoms with E-state index in [2.05, 4.69) is 5.10 Å². The first-order chi connectivity index (χ1) is 14.7. The van der Waals surface area contributed by atoms with E-state index in [0.717, 1.165) is 4.68 Å². The second-order valence-electron chi connectivity index (χ2n) is 7.87. The summed E-state index contributed by atoms with van der Waals surface area (Å²) in [5.74, 6) is 0.877. The van der Waals surface area contributed by atoms with Crippen LogP contribution in [-0.4, -0.2) is 52.6 Å². The highest BCUT2D eigenvalue weighted by atomic mass is 16.6. The van der Waals surface area contributed by atoms with Crippen molar-refractivity contribution >= 4 is 30.1 Å². The Labute approximate surface area is 180 Å². The monoisotopic (exact) mass is 430 g/mol. The molecule has 31 heavy (non-hydrogen) atoms. The van der Waals surface area contributed by atoms with E-state index in [-0.39, 0.29) is 25.5 Å². The number of aromatic nitrogens is 2. The van der Waals surface area contributed by atoms with Crippen LogP contribution < -0.4 is 9.64 Å². The smallest absolute Gasteiger partial charge is 0.435 e. The van der Waals surface area contributed by atoms with Gasteiger partial charge in [0.05, 0.1) is 38.2 Å². The van der Waals surface area contributed by atoms with Crippen molar-refractivity contribution in [2.75, 3.05) is 18.6 Å². The van der Waals surface area contributed by atoms with Crippen molar-refractivity contribution in [2.24, 2.45) is 0 Å². The molecule has 0 N–H and O–H groups in total. The molecular weight excluding hydrogens is 404 g/mol. The molecule has 1 aliphatic rings. The molecule has 166 valence electrons. The molecular formula is C21H26N4O6. The first kappa shape index (κ1) is 22.1. The lowest BCUT2D eigenvalue weighted by molar-refractivity contribution is -0.106. The minimum Gasteiger partial charge on any atom is -0.497 e. The van der Waals surface area contributed by atoms with Crippen LogP contribution in [0.2, 0.25) is 0 Å². The van der Waals surface area contributed by atoms with Crippen LogP contribution in [0.25, 0.3) is 0 Å². The maximum absolute atomic E-state index is 12.6. The van der Waals surface area contributed by atoms with Gasteiger partial charge in [0.1, 0.15) is 11.4 Å². The number of benzene rings is 1. The van der Waals surface area contributed by atoms with E-state index >= 15 is 0 Å². The van der Waals surface area contributed by atoms with Gasteiger partial charge in [-0.2, -0.15) is 4.68 Å². The van der Waals surface area contributed by atoms with Crippen molar-refractivity contribution in [3.05, 3.63) is 35.5 Å². The number of rotatable bonds is 5. The molecule has 2 aromatic rings. The van der Waals surface area contributed by atoms with Crippen LogP contribution in [0.5, 0.6) is 5.75 Å². The number of methoxy groups -OCH3 is 1. The summed E-state index contributed by atoms with van der Waals surface area (Å²) in [4.78, 5) is 39.8. The molecule has 3 rings (SSSR count). The summed E-state index contributed by atoms with van der Waals surface area (Å²) >= 11 is 0. The molecule has 0 bridgehead atoms. The minimum absolute atomic E-state index is 0.103. The average Bonchev–Trinajstić information content (AvgIpc) is 3.28. The minimum atomic E-state index is -0.684. The number of carbonyl (C=O) groups excluding carboxylic acids is 3. The van der Waals surface area contributed by atoms with E-state index in [4.69, 9.17) is 14.2 Å². The lowest BCUT2D eigenvalue weighted by Crippen LogP contribution is -2.34. The molecule has 0 atom stereocenters. The molecule has 0 saturated heterocycles. The van der Waals surface area contributed by atoms with E-state index in [1.807, 2.05) is 0 Å². The average molecular weight is 430 g/mol. The number of hydrogen-bond acceptors (Lipinski definition) is 7. The summed E-state index contributed by atoms with van der Waals surface area (Å²) in [6.45, 7) is 7.41. The number of amides is 2. The molecule has 1 aromatic heterocycles. The summed E-state index contributed by atoms with van der Waals surface area (Å²) < 4.78 is 16.8. The second kappa shape index (κ2) is 8.66. The Bertz CT molecular complexity index is 977. The zero-order valence-corrected chi connectivity index (χ0v) is 18.2. The van der Waals surface area contributed by atoms with Gasteiger partial charge in [-0.15, -0.1) is 5.10 Å². The number of hydrogen-bond donors (Lipinski definition) is 0. The number of nitrogens with zero attached hydrogens (tertiary/aromatic N) is 4. The van der Waals surface area contributed by atoms with Crippen molar-refractivity contribution in [3.8, 4) is 5.75 Å². The quantitative estimate of drug-likeness (QED) is 0.669. The molecule has 10 heteroatoms. The zero-order chi connectivity index (χ0) is 22.8. The highest BCUT2D eigenvalue weighted by Gasteiger charge is 2.36. The predicted octanol–water partition coefficient (Wildman–Crippen LogP) is 3.44. The van der Waals surface area contributed by atoms with Crippen LogP contribution in [0, 0.1) is 0 Å². The van der Waals surface area contributed by atoms with Crippen LogP contribution >= 0.6 is 0 Å². The summed E-state index contributed by atoms with van der Waals surface area (Å²) in [5.41, 5.74) is 0.907. The van der Waals surface area contributed by atoms with Crippen molar-refractivity contribution in [2.45, 2.75) is 46.4 Å². The van der Waals surface area contributed by atoms with Gasteiger partial charge >= 0.3 is 12.2 Å². The van der Waals surface area contributed by atoms with Gasteiger partial charge in [0, 0.05) is 5.56 Å². The molecule has 0 unspecified atom stereocenters. The molecule has 0 aliphatic carbocycles. The Hall–Kier alpha value is -3.56. The van der Waals surface area contributed by atoms with Crippen LogP contribution in [0.4, 0.5) is 21.1 Å². The van der Waals surface area contributed by atoms with Gasteiger partial charge in [-0.05, 0) is 52.0 Å². The van der Waals surface area contributed by atoms with E-state index in [0.29, 0.717) is 29.1 Å². The highest BCUT2D eigenvalue weighted by molar-refractivity contribution is 5.88. The van der Waals surface area contributed by atoms with Gasteiger partial charge < -0.3 is 14.2 Å². The van der Waals surface area contributed by atoms with E-state index in [9.17, 15) is 14.4 Å². The van der Waals surface area contributed by atoms with Gasteiger partial charge in [-0.1, -0.05) is 0 Å². The van der Waals surface area contributed by atoms with Crippen LogP contribution in [0.15, 0.2) is 24.3 Å². The molecule has 10 nitrogen and oxygen atoms in total. The van der Waals surface area contributed by atoms with Crippen molar-refractivity contribution in [1.82, 2.24) is 14.7 Å². The van der Waals surface area contributed by atoms with Crippen molar-refractivity contribution in [3.63, 3.8) is 0 Å². The van der Waals surface area contributed by atoms with E-state index in [1.54, 1.807) is 59.1 Å². The lowest BCUT2D eigenvalue weighted by atomic mass is 10.2. The van der Waals surface area contributed by atoms with Crippen molar-refractivity contribution < 1.29 is 28.6 Å². The summed E-state index contributed by atoms with van der Waals surface area (Å²) in [6, 6.07) is 6.82. The first-order valence-corrected chi connectivity index (χ1v) is 9.83. The number of ether oxygens (including phenoxy) is 3. The molecule has 0 spiro atoms. The molecule has 1 aromatic carbocycles. The third kappa shape index (κ3) is 4.62. The third-order valence-corrected chi connectivity index (χ3v) is 4.53. The molecule has 0 saturated carbocycles. The number of fused-ring (bicyclic) bond motifs is 1. The summed E-state index contributed by atoms with van der Waals surface area (Å²) in [7, 11) is 1.55. The molecule has 2 amide bonds. The highest BCUT2D eigenvalue weighted by Crippen LogP contribution is 2.35. The fourth-order valence-electron chi connectivity index (χ4n) is 3.18. The van der Waals surface area contributed by atoms with Gasteiger partial charge in [0.25, 0.3) is 0 Å². The molecule has 2 heterocycles. The lowest BCUT2D eigenvalue weighted by Gasteiger charge is -2.24. The standard InChI is InChI=1S/C21H26N4O6/c1-6-30-20(28)25-17-12-23(19(27)31-21(2,3)4)11-16(17)18(22-25)24(13-26)14-7-9-15(29-5)10-8-14/h7-10,13H,6,11-12H2,1-5H3. The van der Waals surface area contributed by atoms with Crippen LogP contribution in [0.1, 0.15) is 39.0 Å². The zero-order valence-electron chi connectivity index (χ0n) is 18.2. The van der Waals surface area contributed by atoms with Gasteiger partial charge in [-0.3, -0.25) is 14.6 Å².